The zero-order valence-corrected chi connectivity index (χ0v) is 19.1. The van der Waals surface area contributed by atoms with E-state index in [-0.39, 0.29) is 18.0 Å². The van der Waals surface area contributed by atoms with Gasteiger partial charge in [-0.25, -0.2) is 0 Å². The number of hydrogen-bond acceptors (Lipinski definition) is 4. The van der Waals surface area contributed by atoms with Gasteiger partial charge in [0.2, 0.25) is 0 Å². The highest BCUT2D eigenvalue weighted by Gasteiger charge is 2.43. The van der Waals surface area contributed by atoms with E-state index < -0.39 is 0 Å². The number of pyridine rings is 2. The molecule has 4 aromatic rings. The van der Waals surface area contributed by atoms with E-state index in [0.717, 1.165) is 46.9 Å². The van der Waals surface area contributed by atoms with E-state index in [1.807, 2.05) is 54.7 Å². The van der Waals surface area contributed by atoms with Crippen LogP contribution in [-0.2, 0) is 0 Å². The summed E-state index contributed by atoms with van der Waals surface area (Å²) in [6.45, 7) is 6.14. The Bertz CT molecular complexity index is 1370. The number of hydrogen-bond donors (Lipinski definition) is 1. The van der Waals surface area contributed by atoms with Crippen molar-refractivity contribution in [1.82, 2.24) is 20.2 Å². The monoisotopic (exact) mass is 448 g/mol. The first-order valence-electron chi connectivity index (χ1n) is 12.1. The van der Waals surface area contributed by atoms with Crippen LogP contribution in [0.3, 0.4) is 0 Å². The summed E-state index contributed by atoms with van der Waals surface area (Å²) >= 11 is 0. The number of para-hydroxylation sites is 2. The molecule has 1 amide bonds. The van der Waals surface area contributed by atoms with Gasteiger partial charge in [0.1, 0.15) is 0 Å². The van der Waals surface area contributed by atoms with Crippen LogP contribution in [0.1, 0.15) is 34.8 Å². The third-order valence-electron chi connectivity index (χ3n) is 7.72. The highest BCUT2D eigenvalue weighted by molar-refractivity contribution is 6.05. The van der Waals surface area contributed by atoms with E-state index in [2.05, 4.69) is 45.0 Å². The van der Waals surface area contributed by atoms with Gasteiger partial charge < -0.3 is 5.32 Å². The lowest BCUT2D eigenvalue weighted by atomic mass is 9.73. The van der Waals surface area contributed by atoms with Crippen molar-refractivity contribution in [2.75, 3.05) is 13.1 Å². The molecule has 0 saturated carbocycles. The first kappa shape index (κ1) is 21.0. The first-order chi connectivity index (χ1) is 16.7. The van der Waals surface area contributed by atoms with Crippen molar-refractivity contribution < 1.29 is 4.79 Å². The Morgan fingerprint density at radius 1 is 1.06 bits per heavy atom. The number of carbonyl (C=O) groups excluding carboxylic acids is 1. The molecule has 5 atom stereocenters. The van der Waals surface area contributed by atoms with Gasteiger partial charge in [-0.3, -0.25) is 19.7 Å². The lowest BCUT2D eigenvalue weighted by Crippen LogP contribution is -2.57. The lowest BCUT2D eigenvalue weighted by molar-refractivity contribution is 0.00172. The molecule has 5 nitrogen and oxygen atoms in total. The van der Waals surface area contributed by atoms with Crippen LogP contribution in [0.25, 0.3) is 21.8 Å². The summed E-state index contributed by atoms with van der Waals surface area (Å²) in [6.07, 6.45) is 7.96. The SMILES string of the molecule is C=C[C@H]1CN2CC[C@H]1C[C@H]2[C@@H](NC(=O)c1cccc2cccnc12)c1ccnc2ccccc12. The molecule has 0 aliphatic carbocycles. The molecule has 3 aliphatic rings. The fraction of sp³-hybridized carbons (Fsp3) is 0.276. The molecule has 2 aromatic carbocycles. The number of rotatable bonds is 5. The Hall–Kier alpha value is -3.57. The molecule has 7 rings (SSSR count). The minimum absolute atomic E-state index is 0.0851. The van der Waals surface area contributed by atoms with E-state index in [4.69, 9.17) is 0 Å². The van der Waals surface area contributed by atoms with Gasteiger partial charge in [0, 0.05) is 35.8 Å². The van der Waals surface area contributed by atoms with Crippen molar-refractivity contribution in [2.24, 2.45) is 11.8 Å². The minimum atomic E-state index is -0.145. The summed E-state index contributed by atoms with van der Waals surface area (Å²) < 4.78 is 0. The molecule has 3 aliphatic heterocycles. The number of nitrogens with zero attached hydrogens (tertiary/aromatic N) is 3. The molecule has 34 heavy (non-hydrogen) atoms. The number of benzene rings is 2. The van der Waals surface area contributed by atoms with Crippen LogP contribution < -0.4 is 5.32 Å². The van der Waals surface area contributed by atoms with Crippen molar-refractivity contribution in [3.05, 3.63) is 96.8 Å². The van der Waals surface area contributed by atoms with Gasteiger partial charge in [0.05, 0.1) is 22.6 Å². The van der Waals surface area contributed by atoms with E-state index in [1.165, 1.54) is 6.42 Å². The molecular formula is C29H28N4O. The van der Waals surface area contributed by atoms with Gasteiger partial charge in [0.15, 0.2) is 0 Å². The van der Waals surface area contributed by atoms with Crippen LogP contribution in [0, 0.1) is 11.8 Å². The van der Waals surface area contributed by atoms with Gasteiger partial charge in [-0.2, -0.15) is 0 Å². The van der Waals surface area contributed by atoms with Crippen LogP contribution in [0.15, 0.2) is 85.7 Å². The molecule has 2 aromatic heterocycles. The Balaban J connectivity index is 1.42. The topological polar surface area (TPSA) is 58.1 Å². The van der Waals surface area contributed by atoms with Crippen LogP contribution in [-0.4, -0.2) is 39.9 Å². The molecule has 5 heteroatoms. The average molecular weight is 449 g/mol. The first-order valence-corrected chi connectivity index (χ1v) is 12.1. The van der Waals surface area contributed by atoms with Crippen molar-refractivity contribution in [2.45, 2.75) is 24.9 Å². The van der Waals surface area contributed by atoms with Crippen LogP contribution in [0.5, 0.6) is 0 Å². The van der Waals surface area contributed by atoms with Crippen LogP contribution in [0.2, 0.25) is 0 Å². The summed E-state index contributed by atoms with van der Waals surface area (Å²) in [4.78, 5) is 25.4. The zero-order chi connectivity index (χ0) is 23.1. The van der Waals surface area contributed by atoms with Gasteiger partial charge >= 0.3 is 0 Å². The predicted molar refractivity (Wildman–Crippen MR) is 135 cm³/mol. The normalized spacial score (nSPS) is 24.7. The maximum atomic E-state index is 13.7. The Kier molecular flexibility index (Phi) is 5.34. The van der Waals surface area contributed by atoms with E-state index in [9.17, 15) is 4.79 Å². The summed E-state index contributed by atoms with van der Waals surface area (Å²) in [5.41, 5.74) is 3.42. The van der Waals surface area contributed by atoms with E-state index in [0.29, 0.717) is 17.4 Å². The molecule has 2 bridgehead atoms. The lowest BCUT2D eigenvalue weighted by Gasteiger charge is -2.51. The van der Waals surface area contributed by atoms with Crippen molar-refractivity contribution in [3.8, 4) is 0 Å². The fourth-order valence-electron chi connectivity index (χ4n) is 6.00. The second kappa shape index (κ2) is 8.65. The molecule has 170 valence electrons. The highest BCUT2D eigenvalue weighted by atomic mass is 16.1. The van der Waals surface area contributed by atoms with Gasteiger partial charge in [-0.05, 0) is 61.1 Å². The summed E-state index contributed by atoms with van der Waals surface area (Å²) in [6, 6.07) is 20.0. The predicted octanol–water partition coefficient (Wildman–Crippen LogP) is 5.15. The van der Waals surface area contributed by atoms with E-state index in [1.54, 1.807) is 6.20 Å². The number of carbonyl (C=O) groups is 1. The number of nitrogens with one attached hydrogen (secondary N) is 1. The molecule has 0 radical (unpaired) electrons. The Morgan fingerprint density at radius 2 is 1.94 bits per heavy atom. The third kappa shape index (κ3) is 3.57. The molecule has 1 N–H and O–H groups in total. The number of piperidine rings is 3. The number of aromatic nitrogens is 2. The second-order valence-corrected chi connectivity index (χ2v) is 9.50. The number of amides is 1. The second-order valence-electron chi connectivity index (χ2n) is 9.50. The van der Waals surface area contributed by atoms with Gasteiger partial charge in [-0.1, -0.05) is 42.5 Å². The summed E-state index contributed by atoms with van der Waals surface area (Å²) in [5.74, 6) is 1.05. The van der Waals surface area contributed by atoms with Gasteiger partial charge in [-0.15, -0.1) is 6.58 Å². The minimum Gasteiger partial charge on any atom is -0.344 e. The highest BCUT2D eigenvalue weighted by Crippen LogP contribution is 2.42. The molecule has 3 saturated heterocycles. The molecular weight excluding hydrogens is 420 g/mol. The van der Waals surface area contributed by atoms with Crippen molar-refractivity contribution in [1.29, 1.82) is 0 Å². The van der Waals surface area contributed by atoms with E-state index >= 15 is 0 Å². The standard InChI is InChI=1S/C29H28N4O/c1-2-19-18-33-16-13-21(19)17-26(33)28(23-12-15-30-25-11-4-3-9-22(23)25)32-29(34)24-10-5-7-20-8-6-14-31-27(20)24/h2-12,14-15,19,21,26,28H,1,13,16-18H2,(H,32,34)/t19-,21-,26-,28-/m0/s1. The smallest absolute Gasteiger partial charge is 0.254 e. The van der Waals surface area contributed by atoms with Gasteiger partial charge in [0.25, 0.3) is 5.91 Å². The van der Waals surface area contributed by atoms with Crippen molar-refractivity contribution >= 4 is 27.7 Å². The Morgan fingerprint density at radius 3 is 2.79 bits per heavy atom. The van der Waals surface area contributed by atoms with Crippen molar-refractivity contribution in [3.63, 3.8) is 0 Å². The fourth-order valence-corrected chi connectivity index (χ4v) is 6.00. The Labute approximate surface area is 199 Å². The summed E-state index contributed by atoms with van der Waals surface area (Å²) in [7, 11) is 0. The molecule has 3 fully saturated rings. The average Bonchev–Trinajstić information content (AvgIpc) is 2.91. The van der Waals surface area contributed by atoms with Crippen LogP contribution >= 0.6 is 0 Å². The molecule has 5 heterocycles. The third-order valence-corrected chi connectivity index (χ3v) is 7.72. The number of fused-ring (bicyclic) bond motifs is 5. The summed E-state index contributed by atoms with van der Waals surface area (Å²) in [5, 5.41) is 5.51. The zero-order valence-electron chi connectivity index (χ0n) is 19.1. The maximum Gasteiger partial charge on any atom is 0.254 e. The largest absolute Gasteiger partial charge is 0.344 e. The maximum absolute atomic E-state index is 13.7. The quantitative estimate of drug-likeness (QED) is 0.429. The van der Waals surface area contributed by atoms with Crippen LogP contribution in [0.4, 0.5) is 0 Å². The molecule has 0 spiro atoms. The molecule has 1 unspecified atom stereocenters.